The van der Waals surface area contributed by atoms with Gasteiger partial charge in [0.2, 0.25) is 0 Å². The SMILES string of the molecule is CC(C)N(CCOc1ccc(Cl)c(Cl)c1)C(=O)NCCCN1CCN(C)CC1. The van der Waals surface area contributed by atoms with Crippen LogP contribution in [0.1, 0.15) is 20.3 Å². The highest BCUT2D eigenvalue weighted by Gasteiger charge is 2.17. The molecule has 1 fully saturated rings. The Hall–Kier alpha value is -1.21. The van der Waals surface area contributed by atoms with Gasteiger partial charge in [0.25, 0.3) is 0 Å². The van der Waals surface area contributed by atoms with E-state index in [-0.39, 0.29) is 12.1 Å². The Morgan fingerprint density at radius 1 is 1.21 bits per heavy atom. The van der Waals surface area contributed by atoms with Crippen molar-refractivity contribution in [3.05, 3.63) is 28.2 Å². The molecule has 0 aromatic heterocycles. The Labute approximate surface area is 178 Å². The fourth-order valence-electron chi connectivity index (χ4n) is 3.09. The van der Waals surface area contributed by atoms with Gasteiger partial charge in [0.1, 0.15) is 12.4 Å². The van der Waals surface area contributed by atoms with Gasteiger partial charge in [0.05, 0.1) is 16.6 Å². The molecule has 1 aromatic rings. The lowest BCUT2D eigenvalue weighted by molar-refractivity contribution is 0.150. The van der Waals surface area contributed by atoms with E-state index < -0.39 is 0 Å². The Morgan fingerprint density at radius 2 is 1.93 bits per heavy atom. The van der Waals surface area contributed by atoms with Crippen LogP contribution in [0.15, 0.2) is 18.2 Å². The maximum atomic E-state index is 12.5. The van der Waals surface area contributed by atoms with Crippen molar-refractivity contribution in [3.8, 4) is 5.75 Å². The fourth-order valence-corrected chi connectivity index (χ4v) is 3.38. The lowest BCUT2D eigenvalue weighted by atomic mass is 10.3. The lowest BCUT2D eigenvalue weighted by Gasteiger charge is -2.32. The van der Waals surface area contributed by atoms with E-state index in [1.54, 1.807) is 23.1 Å². The highest BCUT2D eigenvalue weighted by molar-refractivity contribution is 6.42. The second-order valence-corrected chi connectivity index (χ2v) is 8.26. The number of likely N-dealkylation sites (N-methyl/N-ethyl adjacent to an activating group) is 1. The molecule has 1 saturated heterocycles. The van der Waals surface area contributed by atoms with Crippen molar-refractivity contribution in [2.75, 3.05) is 59.5 Å². The molecule has 2 rings (SSSR count). The fraction of sp³-hybridized carbons (Fsp3) is 0.650. The van der Waals surface area contributed by atoms with E-state index >= 15 is 0 Å². The monoisotopic (exact) mass is 430 g/mol. The summed E-state index contributed by atoms with van der Waals surface area (Å²) in [4.78, 5) is 19.1. The topological polar surface area (TPSA) is 48.1 Å². The molecule has 0 unspecified atom stereocenters. The van der Waals surface area contributed by atoms with Crippen molar-refractivity contribution in [1.29, 1.82) is 0 Å². The number of nitrogens with one attached hydrogen (secondary N) is 1. The summed E-state index contributed by atoms with van der Waals surface area (Å²) in [5.74, 6) is 0.644. The van der Waals surface area contributed by atoms with Crippen molar-refractivity contribution < 1.29 is 9.53 Å². The van der Waals surface area contributed by atoms with E-state index in [1.165, 1.54) is 0 Å². The largest absolute Gasteiger partial charge is 0.492 e. The molecular weight excluding hydrogens is 399 g/mol. The predicted octanol–water partition coefficient (Wildman–Crippen LogP) is 3.43. The average Bonchev–Trinajstić information content (AvgIpc) is 2.66. The minimum atomic E-state index is -0.0499. The number of amides is 2. The molecule has 158 valence electrons. The normalized spacial score (nSPS) is 15.6. The number of ether oxygens (including phenoxy) is 1. The lowest BCUT2D eigenvalue weighted by Crippen LogP contribution is -2.47. The van der Waals surface area contributed by atoms with Crippen molar-refractivity contribution in [3.63, 3.8) is 0 Å². The molecule has 2 amide bonds. The minimum absolute atomic E-state index is 0.0499. The summed E-state index contributed by atoms with van der Waals surface area (Å²) in [6.45, 7) is 11.1. The van der Waals surface area contributed by atoms with Crippen molar-refractivity contribution in [1.82, 2.24) is 20.0 Å². The predicted molar refractivity (Wildman–Crippen MR) is 116 cm³/mol. The summed E-state index contributed by atoms with van der Waals surface area (Å²) in [6, 6.07) is 5.20. The number of halogens is 2. The summed E-state index contributed by atoms with van der Waals surface area (Å²) in [7, 11) is 2.16. The van der Waals surface area contributed by atoms with Gasteiger partial charge in [-0.25, -0.2) is 4.79 Å². The molecule has 0 atom stereocenters. The third kappa shape index (κ3) is 7.66. The summed E-state index contributed by atoms with van der Waals surface area (Å²) >= 11 is 11.9. The summed E-state index contributed by atoms with van der Waals surface area (Å²) < 4.78 is 5.71. The van der Waals surface area contributed by atoms with Crippen LogP contribution in [0.5, 0.6) is 5.75 Å². The number of hydrogen-bond donors (Lipinski definition) is 1. The highest BCUT2D eigenvalue weighted by Crippen LogP contribution is 2.26. The van der Waals surface area contributed by atoms with Crippen LogP contribution in [0.3, 0.4) is 0 Å². The third-order valence-corrected chi connectivity index (χ3v) is 5.64. The Kier molecular flexibility index (Phi) is 9.65. The van der Waals surface area contributed by atoms with E-state index in [2.05, 4.69) is 22.2 Å². The molecule has 0 bridgehead atoms. The third-order valence-electron chi connectivity index (χ3n) is 4.90. The quantitative estimate of drug-likeness (QED) is 0.609. The average molecular weight is 431 g/mol. The van der Waals surface area contributed by atoms with Gasteiger partial charge < -0.3 is 24.8 Å². The molecule has 8 heteroatoms. The molecule has 28 heavy (non-hydrogen) atoms. The molecule has 0 spiro atoms. The minimum Gasteiger partial charge on any atom is -0.492 e. The van der Waals surface area contributed by atoms with Gasteiger partial charge in [-0.05, 0) is 46.0 Å². The first kappa shape index (κ1) is 23.1. The zero-order chi connectivity index (χ0) is 20.5. The molecule has 1 aromatic carbocycles. The standard InChI is InChI=1S/C20H32Cl2N4O2/c1-16(2)26(13-14-28-17-5-6-18(21)19(22)15-17)20(27)23-7-4-8-25-11-9-24(3)10-12-25/h5-6,15-16H,4,7-14H2,1-3H3,(H,23,27). The molecule has 1 heterocycles. The molecule has 1 aliphatic heterocycles. The maximum Gasteiger partial charge on any atom is 0.317 e. The smallest absolute Gasteiger partial charge is 0.317 e. The highest BCUT2D eigenvalue weighted by atomic mass is 35.5. The first-order valence-corrected chi connectivity index (χ1v) is 10.7. The van der Waals surface area contributed by atoms with Crippen molar-refractivity contribution in [2.45, 2.75) is 26.3 Å². The molecule has 0 saturated carbocycles. The number of benzene rings is 1. The van der Waals surface area contributed by atoms with Gasteiger partial charge in [0, 0.05) is 44.8 Å². The summed E-state index contributed by atoms with van der Waals surface area (Å²) in [5, 5.41) is 3.98. The van der Waals surface area contributed by atoms with Crippen LogP contribution in [0.4, 0.5) is 4.79 Å². The van der Waals surface area contributed by atoms with Gasteiger partial charge in [-0.3, -0.25) is 0 Å². The number of urea groups is 1. The maximum absolute atomic E-state index is 12.5. The number of rotatable bonds is 9. The Morgan fingerprint density at radius 3 is 2.57 bits per heavy atom. The van der Waals surface area contributed by atoms with Gasteiger partial charge in [-0.15, -0.1) is 0 Å². The zero-order valence-corrected chi connectivity index (χ0v) is 18.6. The first-order chi connectivity index (χ1) is 13.4. The van der Waals surface area contributed by atoms with Gasteiger partial charge in [-0.1, -0.05) is 23.2 Å². The molecule has 0 aliphatic carbocycles. The summed E-state index contributed by atoms with van der Waals surface area (Å²) in [5.41, 5.74) is 0. The van der Waals surface area contributed by atoms with E-state index in [4.69, 9.17) is 27.9 Å². The number of nitrogens with zero attached hydrogens (tertiary/aromatic N) is 3. The van der Waals surface area contributed by atoms with Gasteiger partial charge in [-0.2, -0.15) is 0 Å². The van der Waals surface area contributed by atoms with E-state index in [0.717, 1.165) is 39.1 Å². The Balaban J connectivity index is 1.68. The van der Waals surface area contributed by atoms with Gasteiger partial charge >= 0.3 is 6.03 Å². The van der Waals surface area contributed by atoms with Crippen LogP contribution in [0.2, 0.25) is 10.0 Å². The zero-order valence-electron chi connectivity index (χ0n) is 17.1. The van der Waals surface area contributed by atoms with E-state index in [1.807, 2.05) is 13.8 Å². The van der Waals surface area contributed by atoms with Crippen LogP contribution in [0, 0.1) is 0 Å². The molecule has 1 aliphatic rings. The van der Waals surface area contributed by atoms with E-state index in [0.29, 0.717) is 35.5 Å². The number of hydrogen-bond acceptors (Lipinski definition) is 4. The number of carbonyl (C=O) groups is 1. The van der Waals surface area contributed by atoms with Crippen molar-refractivity contribution >= 4 is 29.2 Å². The Bertz CT molecular complexity index is 622. The molecule has 1 N–H and O–H groups in total. The second kappa shape index (κ2) is 11.7. The number of carbonyl (C=O) groups excluding carboxylic acids is 1. The molecular formula is C20H32Cl2N4O2. The van der Waals surface area contributed by atoms with Crippen LogP contribution in [0.25, 0.3) is 0 Å². The van der Waals surface area contributed by atoms with Crippen molar-refractivity contribution in [2.24, 2.45) is 0 Å². The van der Waals surface area contributed by atoms with E-state index in [9.17, 15) is 4.79 Å². The first-order valence-electron chi connectivity index (χ1n) is 9.90. The molecule has 0 radical (unpaired) electrons. The second-order valence-electron chi connectivity index (χ2n) is 7.44. The molecule has 6 nitrogen and oxygen atoms in total. The van der Waals surface area contributed by atoms with Crippen LogP contribution in [-0.2, 0) is 0 Å². The van der Waals surface area contributed by atoms with Crippen LogP contribution < -0.4 is 10.1 Å². The van der Waals surface area contributed by atoms with Crippen LogP contribution in [-0.4, -0.2) is 86.2 Å². The van der Waals surface area contributed by atoms with Crippen LogP contribution >= 0.6 is 23.2 Å². The van der Waals surface area contributed by atoms with Gasteiger partial charge in [0.15, 0.2) is 0 Å². The summed E-state index contributed by atoms with van der Waals surface area (Å²) in [6.07, 6.45) is 0.959. The number of piperazine rings is 1.